The van der Waals surface area contributed by atoms with E-state index in [0.717, 1.165) is 38.5 Å². The summed E-state index contributed by atoms with van der Waals surface area (Å²) in [5.41, 5.74) is 1.60. The molecule has 1 aromatic rings. The van der Waals surface area contributed by atoms with E-state index >= 15 is 4.39 Å². The Kier molecular flexibility index (Phi) is 6.26. The van der Waals surface area contributed by atoms with Crippen molar-refractivity contribution in [2.75, 3.05) is 6.79 Å². The van der Waals surface area contributed by atoms with Gasteiger partial charge in [-0.05, 0) is 80.4 Å². The number of benzene rings is 1. The Morgan fingerprint density at radius 2 is 1.58 bits per heavy atom. The lowest BCUT2D eigenvalue weighted by Crippen LogP contribution is -2.60. The third kappa shape index (κ3) is 3.95. The Balaban J connectivity index is 1.06. The van der Waals surface area contributed by atoms with Crippen molar-refractivity contribution in [2.45, 2.75) is 68.9 Å². The standard InChI is InChI=1S/C27H30Cl2FNO7/c28-18-2-1-13(6-19(18)29)11-36-20-7-17-21(27(20,31)22(32)33)26(17,30)24(35)38-12-37-23(34)25-8-14-3-15(9-25)5-16(4-14)10-25/h1-2,6,14-17,20-21H,3-5,7-12,31H2,(H,32,33)/t14?,15?,16?,17?,20?,21?,25?,26-,27+/m1/s1. The van der Waals surface area contributed by atoms with Crippen LogP contribution in [0.3, 0.4) is 0 Å². The van der Waals surface area contributed by atoms with Gasteiger partial charge < -0.3 is 25.1 Å². The van der Waals surface area contributed by atoms with Gasteiger partial charge in [0.15, 0.2) is 0 Å². The highest BCUT2D eigenvalue weighted by Gasteiger charge is 2.85. The van der Waals surface area contributed by atoms with Gasteiger partial charge in [0.25, 0.3) is 0 Å². The Bertz CT molecular complexity index is 1160. The molecule has 0 saturated heterocycles. The van der Waals surface area contributed by atoms with Crippen molar-refractivity contribution in [1.82, 2.24) is 0 Å². The van der Waals surface area contributed by atoms with Gasteiger partial charge in [0.1, 0.15) is 5.54 Å². The van der Waals surface area contributed by atoms with Crippen molar-refractivity contribution in [3.05, 3.63) is 33.8 Å². The average molecular weight is 570 g/mol. The summed E-state index contributed by atoms with van der Waals surface area (Å²) >= 11 is 11.9. The van der Waals surface area contributed by atoms with Gasteiger partial charge in [0.05, 0.1) is 28.2 Å². The summed E-state index contributed by atoms with van der Waals surface area (Å²) in [4.78, 5) is 37.9. The van der Waals surface area contributed by atoms with E-state index in [1.54, 1.807) is 18.2 Å². The molecule has 5 atom stereocenters. The topological polar surface area (TPSA) is 125 Å². The summed E-state index contributed by atoms with van der Waals surface area (Å²) in [5, 5.41) is 10.6. The molecule has 6 fully saturated rings. The number of carboxylic acid groups (broad SMARTS) is 1. The Hall–Kier alpha value is -1.94. The zero-order chi connectivity index (χ0) is 27.0. The van der Waals surface area contributed by atoms with E-state index in [2.05, 4.69) is 0 Å². The molecule has 0 radical (unpaired) electrons. The Labute approximate surface area is 229 Å². The monoisotopic (exact) mass is 569 g/mol. The molecule has 8 nitrogen and oxygen atoms in total. The second-order valence-electron chi connectivity index (χ2n) is 12.1. The summed E-state index contributed by atoms with van der Waals surface area (Å²) < 4.78 is 31.9. The number of alkyl halides is 1. The van der Waals surface area contributed by atoms with Crippen LogP contribution >= 0.6 is 23.2 Å². The summed E-state index contributed by atoms with van der Waals surface area (Å²) in [5.74, 6) is -3.80. The second-order valence-corrected chi connectivity index (χ2v) is 12.9. The molecule has 0 aromatic heterocycles. The minimum atomic E-state index is -2.58. The van der Waals surface area contributed by atoms with Crippen molar-refractivity contribution in [2.24, 2.45) is 40.7 Å². The van der Waals surface area contributed by atoms with Crippen molar-refractivity contribution in [3.8, 4) is 0 Å². The molecule has 206 valence electrons. The van der Waals surface area contributed by atoms with Gasteiger partial charge in [-0.25, -0.2) is 9.18 Å². The SMILES string of the molecule is N[C@@]1(C(=O)O)C(OCc2ccc(Cl)c(Cl)c2)CC2C1[C@@]2(F)C(=O)OCOC(=O)C12CC3CC(CC(C3)C1)C2. The fourth-order valence-electron chi connectivity index (χ4n) is 8.38. The molecule has 0 heterocycles. The molecule has 6 aliphatic rings. The molecule has 0 amide bonds. The number of esters is 2. The number of nitrogens with two attached hydrogens (primary N) is 1. The number of carbonyl (C=O) groups is 3. The lowest BCUT2D eigenvalue weighted by molar-refractivity contribution is -0.189. The maximum atomic E-state index is 15.8. The van der Waals surface area contributed by atoms with Crippen LogP contribution in [0.5, 0.6) is 0 Å². The number of hydrogen-bond donors (Lipinski definition) is 2. The predicted molar refractivity (Wildman–Crippen MR) is 133 cm³/mol. The van der Waals surface area contributed by atoms with Crippen molar-refractivity contribution in [3.63, 3.8) is 0 Å². The van der Waals surface area contributed by atoms with Gasteiger partial charge >= 0.3 is 17.9 Å². The highest BCUT2D eigenvalue weighted by Crippen LogP contribution is 2.67. The van der Waals surface area contributed by atoms with Crippen molar-refractivity contribution < 1.29 is 38.1 Å². The number of aliphatic carboxylic acids is 1. The Morgan fingerprint density at radius 1 is 0.974 bits per heavy atom. The number of rotatable bonds is 8. The molecule has 3 N–H and O–H groups in total. The molecule has 1 aromatic carbocycles. The number of halogens is 3. The van der Waals surface area contributed by atoms with E-state index in [1.807, 2.05) is 0 Å². The lowest BCUT2D eigenvalue weighted by Gasteiger charge is -2.55. The van der Waals surface area contributed by atoms with E-state index < -0.39 is 53.3 Å². The number of ether oxygens (including phenoxy) is 3. The van der Waals surface area contributed by atoms with E-state index in [1.165, 1.54) is 0 Å². The number of carboxylic acids is 1. The summed E-state index contributed by atoms with van der Waals surface area (Å²) in [6.45, 7) is -0.719. The van der Waals surface area contributed by atoms with E-state index in [4.69, 9.17) is 43.1 Å². The van der Waals surface area contributed by atoms with Gasteiger partial charge in [-0.2, -0.15) is 0 Å². The molecule has 4 bridgehead atoms. The van der Waals surface area contributed by atoms with E-state index in [-0.39, 0.29) is 19.0 Å². The highest BCUT2D eigenvalue weighted by atomic mass is 35.5. The molecule has 7 rings (SSSR count). The first-order valence-corrected chi connectivity index (χ1v) is 13.8. The molecule has 6 aliphatic carbocycles. The zero-order valence-electron chi connectivity index (χ0n) is 20.7. The van der Waals surface area contributed by atoms with Crippen LogP contribution in [0.25, 0.3) is 0 Å². The Morgan fingerprint density at radius 3 is 2.16 bits per heavy atom. The predicted octanol–water partition coefficient (Wildman–Crippen LogP) is 4.28. The van der Waals surface area contributed by atoms with Gasteiger partial charge in [0.2, 0.25) is 12.5 Å². The minimum absolute atomic E-state index is 0.0166. The molecule has 0 spiro atoms. The first kappa shape index (κ1) is 26.3. The van der Waals surface area contributed by atoms with Gasteiger partial charge in [-0.3, -0.25) is 9.59 Å². The van der Waals surface area contributed by atoms with Crippen LogP contribution < -0.4 is 5.73 Å². The van der Waals surface area contributed by atoms with E-state index in [0.29, 0.717) is 33.4 Å². The van der Waals surface area contributed by atoms with Crippen molar-refractivity contribution in [1.29, 1.82) is 0 Å². The average Bonchev–Trinajstić information content (AvgIpc) is 3.33. The molecular weight excluding hydrogens is 540 g/mol. The third-order valence-electron chi connectivity index (χ3n) is 9.77. The quantitative estimate of drug-likeness (QED) is 0.351. The lowest BCUT2D eigenvalue weighted by atomic mass is 9.49. The van der Waals surface area contributed by atoms with Crippen LogP contribution in [0, 0.1) is 35.0 Å². The van der Waals surface area contributed by atoms with E-state index in [9.17, 15) is 19.5 Å². The van der Waals surface area contributed by atoms with Gasteiger partial charge in [0, 0.05) is 11.8 Å². The maximum Gasteiger partial charge on any atom is 0.347 e. The first-order valence-electron chi connectivity index (χ1n) is 13.1. The second kappa shape index (κ2) is 9.04. The molecular formula is C27H30Cl2FNO7. The molecule has 38 heavy (non-hydrogen) atoms. The van der Waals surface area contributed by atoms with Crippen LogP contribution in [0.15, 0.2) is 18.2 Å². The number of carbonyl (C=O) groups excluding carboxylic acids is 2. The summed E-state index contributed by atoms with van der Waals surface area (Å²) in [7, 11) is 0. The third-order valence-corrected chi connectivity index (χ3v) is 10.5. The number of fused-ring (bicyclic) bond motifs is 1. The number of hydrogen-bond acceptors (Lipinski definition) is 7. The largest absolute Gasteiger partial charge is 0.480 e. The van der Waals surface area contributed by atoms with Gasteiger partial charge in [-0.1, -0.05) is 29.3 Å². The molecule has 3 unspecified atom stereocenters. The first-order chi connectivity index (χ1) is 18.0. The fraction of sp³-hybridized carbons (Fsp3) is 0.667. The van der Waals surface area contributed by atoms with Crippen LogP contribution in [-0.2, 0) is 35.2 Å². The highest BCUT2D eigenvalue weighted by molar-refractivity contribution is 6.42. The smallest absolute Gasteiger partial charge is 0.347 e. The zero-order valence-corrected chi connectivity index (χ0v) is 22.2. The molecule has 6 saturated carbocycles. The van der Waals surface area contributed by atoms with Crippen molar-refractivity contribution >= 4 is 41.1 Å². The molecule has 11 heteroatoms. The van der Waals surface area contributed by atoms with Crippen LogP contribution in [0.4, 0.5) is 4.39 Å². The minimum Gasteiger partial charge on any atom is -0.480 e. The van der Waals surface area contributed by atoms with Crippen LogP contribution in [-0.4, -0.2) is 47.1 Å². The summed E-state index contributed by atoms with van der Waals surface area (Å²) in [6, 6.07) is 4.84. The maximum absolute atomic E-state index is 15.8. The molecule has 0 aliphatic heterocycles. The van der Waals surface area contributed by atoms with Gasteiger partial charge in [-0.15, -0.1) is 0 Å². The summed E-state index contributed by atoms with van der Waals surface area (Å²) in [6.07, 6.45) is 4.76. The van der Waals surface area contributed by atoms with Crippen LogP contribution in [0.1, 0.15) is 50.5 Å². The fourth-order valence-corrected chi connectivity index (χ4v) is 8.70. The normalized spacial score (nSPS) is 42.0. The van der Waals surface area contributed by atoms with Crippen LogP contribution in [0.2, 0.25) is 10.0 Å².